The zero-order chi connectivity index (χ0) is 29.4. The first-order valence-corrected chi connectivity index (χ1v) is 14.3. The van der Waals surface area contributed by atoms with Gasteiger partial charge in [0.25, 0.3) is 0 Å². The van der Waals surface area contributed by atoms with Gasteiger partial charge in [-0.3, -0.25) is 4.79 Å². The average Bonchev–Trinajstić information content (AvgIpc) is 3.65. The predicted molar refractivity (Wildman–Crippen MR) is 163 cm³/mol. The molecule has 10 nitrogen and oxygen atoms in total. The van der Waals surface area contributed by atoms with Crippen LogP contribution in [0.5, 0.6) is 6.01 Å². The first-order chi connectivity index (χ1) is 20.4. The summed E-state index contributed by atoms with van der Waals surface area (Å²) in [6, 6.07) is 12.4. The molecule has 2 aliphatic rings. The monoisotopic (exact) mass is 565 g/mol. The number of hydrogen-bond donors (Lipinski definition) is 1. The standard InChI is InChI=1S/C32H35N7O3/c1-4-28(40)39-14-13-38(18-22(39)9-11-33)31-29-27(35-32(36-31)42-19-23-6-5-12-37(23)3)17-26(24-10-15-41-30(24)29)25-16-21(34)8-7-20(25)2/h4,7-8,10,15-17,22-23H,1,5-6,9,12-14,18-19,34H2,2-3H3/t22-,23-/m0/s1. The summed E-state index contributed by atoms with van der Waals surface area (Å²) in [4.78, 5) is 28.5. The summed E-state index contributed by atoms with van der Waals surface area (Å²) >= 11 is 0. The van der Waals surface area contributed by atoms with Crippen LogP contribution in [0.2, 0.25) is 0 Å². The molecule has 2 aliphatic heterocycles. The quantitative estimate of drug-likeness (QED) is 0.254. The second-order valence-electron chi connectivity index (χ2n) is 11.2. The second kappa shape index (κ2) is 11.3. The molecule has 42 heavy (non-hydrogen) atoms. The van der Waals surface area contributed by atoms with E-state index < -0.39 is 0 Å². The Kier molecular flexibility index (Phi) is 7.43. The average molecular weight is 566 g/mol. The maximum absolute atomic E-state index is 12.6. The van der Waals surface area contributed by atoms with Crippen LogP contribution in [0.3, 0.4) is 0 Å². The molecule has 4 aromatic rings. The molecule has 0 radical (unpaired) electrons. The van der Waals surface area contributed by atoms with Crippen molar-refractivity contribution < 1.29 is 13.9 Å². The number of aromatic nitrogens is 2. The molecule has 2 atom stereocenters. The summed E-state index contributed by atoms with van der Waals surface area (Å²) in [6.45, 7) is 8.63. The van der Waals surface area contributed by atoms with Crippen molar-refractivity contribution in [3.05, 3.63) is 54.8 Å². The molecule has 0 saturated carbocycles. The van der Waals surface area contributed by atoms with Crippen LogP contribution >= 0.6 is 0 Å². The minimum atomic E-state index is -0.308. The Hall–Kier alpha value is -4.62. The fraction of sp³-hybridized carbons (Fsp3) is 0.375. The number of likely N-dealkylation sites (N-methyl/N-ethyl adjacent to an activating group) is 1. The van der Waals surface area contributed by atoms with Crippen LogP contribution in [-0.2, 0) is 4.79 Å². The number of nitrogens with two attached hydrogens (primary N) is 1. The third-order valence-electron chi connectivity index (χ3n) is 8.56. The highest BCUT2D eigenvalue weighted by molar-refractivity contribution is 6.14. The Morgan fingerprint density at radius 3 is 2.83 bits per heavy atom. The van der Waals surface area contributed by atoms with Crippen LogP contribution in [-0.4, -0.2) is 77.6 Å². The van der Waals surface area contributed by atoms with E-state index in [0.29, 0.717) is 60.9 Å². The molecule has 2 aromatic carbocycles. The van der Waals surface area contributed by atoms with Gasteiger partial charge in [-0.25, -0.2) is 0 Å². The van der Waals surface area contributed by atoms with E-state index in [0.717, 1.165) is 46.8 Å². The Morgan fingerprint density at radius 1 is 1.21 bits per heavy atom. The number of nitrogen functional groups attached to an aromatic ring is 1. The van der Waals surface area contributed by atoms with E-state index >= 15 is 0 Å². The molecule has 2 saturated heterocycles. The number of aryl methyl sites for hydroxylation is 1. The summed E-state index contributed by atoms with van der Waals surface area (Å²) in [7, 11) is 2.11. The van der Waals surface area contributed by atoms with Crippen LogP contribution in [0, 0.1) is 18.3 Å². The molecule has 0 aliphatic carbocycles. The highest BCUT2D eigenvalue weighted by atomic mass is 16.5. The SMILES string of the molecule is C=CC(=O)N1CCN(c2nc(OC[C@@H]3CCCN3C)nc3cc(-c4cc(N)ccc4C)c4ccoc4c23)C[C@@H]1CC#N. The van der Waals surface area contributed by atoms with Gasteiger partial charge in [0, 0.05) is 36.7 Å². The van der Waals surface area contributed by atoms with Crippen molar-refractivity contribution >= 4 is 39.3 Å². The molecule has 2 N–H and O–H groups in total. The Bertz CT molecular complexity index is 1710. The van der Waals surface area contributed by atoms with Crippen LogP contribution < -0.4 is 15.4 Å². The summed E-state index contributed by atoms with van der Waals surface area (Å²) in [6.07, 6.45) is 5.39. The lowest BCUT2D eigenvalue weighted by Gasteiger charge is -2.41. The lowest BCUT2D eigenvalue weighted by molar-refractivity contribution is -0.128. The number of ether oxygens (including phenoxy) is 1. The summed E-state index contributed by atoms with van der Waals surface area (Å²) in [5, 5.41) is 11.2. The smallest absolute Gasteiger partial charge is 0.319 e. The lowest BCUT2D eigenvalue weighted by Crippen LogP contribution is -2.55. The third kappa shape index (κ3) is 5.01. The molecular weight excluding hydrogens is 530 g/mol. The fourth-order valence-electron chi connectivity index (χ4n) is 6.24. The minimum absolute atomic E-state index is 0.178. The molecule has 10 heteroatoms. The number of nitriles is 1. The van der Waals surface area contributed by atoms with Gasteiger partial charge in [-0.05, 0) is 80.4 Å². The van der Waals surface area contributed by atoms with Crippen LogP contribution in [0.1, 0.15) is 24.8 Å². The number of benzene rings is 2. The first-order valence-electron chi connectivity index (χ1n) is 14.3. The van der Waals surface area contributed by atoms with Gasteiger partial charge in [0.15, 0.2) is 0 Å². The normalized spacial score (nSPS) is 19.4. The van der Waals surface area contributed by atoms with Gasteiger partial charge < -0.3 is 29.6 Å². The van der Waals surface area contributed by atoms with Crippen LogP contribution in [0.15, 0.2) is 53.7 Å². The third-order valence-corrected chi connectivity index (χ3v) is 8.56. The van der Waals surface area contributed by atoms with Gasteiger partial charge in [0.05, 0.1) is 35.7 Å². The highest BCUT2D eigenvalue weighted by Crippen LogP contribution is 2.41. The minimum Gasteiger partial charge on any atom is -0.463 e. The Balaban J connectivity index is 1.50. The largest absolute Gasteiger partial charge is 0.463 e. The Morgan fingerprint density at radius 2 is 2.07 bits per heavy atom. The highest BCUT2D eigenvalue weighted by Gasteiger charge is 2.32. The van der Waals surface area contributed by atoms with Crippen molar-refractivity contribution in [3.8, 4) is 23.2 Å². The number of fused-ring (bicyclic) bond motifs is 3. The van der Waals surface area contributed by atoms with Gasteiger partial charge in [0.2, 0.25) is 5.91 Å². The van der Waals surface area contributed by atoms with Crippen molar-refractivity contribution in [1.29, 1.82) is 5.26 Å². The van der Waals surface area contributed by atoms with Gasteiger partial charge in [-0.15, -0.1) is 0 Å². The molecule has 2 aromatic heterocycles. The molecule has 0 spiro atoms. The summed E-state index contributed by atoms with van der Waals surface area (Å²) in [5.74, 6) is 0.488. The maximum Gasteiger partial charge on any atom is 0.319 e. The molecule has 6 rings (SSSR count). The molecule has 4 heterocycles. The van der Waals surface area contributed by atoms with Gasteiger partial charge in [-0.2, -0.15) is 15.2 Å². The number of likely N-dealkylation sites (tertiary alicyclic amines) is 1. The molecule has 0 unspecified atom stereocenters. The van der Waals surface area contributed by atoms with Gasteiger partial charge in [0.1, 0.15) is 18.0 Å². The van der Waals surface area contributed by atoms with Crippen molar-refractivity contribution in [2.75, 3.05) is 50.5 Å². The van der Waals surface area contributed by atoms with Crippen LogP contribution in [0.25, 0.3) is 33.0 Å². The number of amides is 1. The van der Waals surface area contributed by atoms with Crippen molar-refractivity contribution in [1.82, 2.24) is 19.8 Å². The van der Waals surface area contributed by atoms with Gasteiger partial charge >= 0.3 is 6.01 Å². The first kappa shape index (κ1) is 27.5. The number of hydrogen-bond acceptors (Lipinski definition) is 9. The van der Waals surface area contributed by atoms with Crippen molar-refractivity contribution in [3.63, 3.8) is 0 Å². The fourth-order valence-corrected chi connectivity index (χ4v) is 6.24. The topological polar surface area (TPSA) is 125 Å². The van der Waals surface area contributed by atoms with E-state index in [1.165, 1.54) is 6.08 Å². The van der Waals surface area contributed by atoms with Gasteiger partial charge in [-0.1, -0.05) is 12.6 Å². The number of carbonyl (C=O) groups is 1. The number of anilines is 2. The maximum atomic E-state index is 12.6. The Labute approximate surface area is 245 Å². The van der Waals surface area contributed by atoms with Crippen molar-refractivity contribution in [2.45, 2.75) is 38.3 Å². The van der Waals surface area contributed by atoms with E-state index in [2.05, 4.69) is 42.5 Å². The zero-order valence-electron chi connectivity index (χ0n) is 24.0. The number of furan rings is 1. The number of carbonyl (C=O) groups excluding carboxylic acids is 1. The van der Waals surface area contributed by atoms with E-state index in [-0.39, 0.29) is 18.4 Å². The number of nitrogens with zero attached hydrogens (tertiary/aromatic N) is 6. The van der Waals surface area contributed by atoms with E-state index in [1.807, 2.05) is 24.3 Å². The van der Waals surface area contributed by atoms with E-state index in [9.17, 15) is 10.1 Å². The number of rotatable bonds is 7. The van der Waals surface area contributed by atoms with Crippen molar-refractivity contribution in [2.24, 2.45) is 0 Å². The molecule has 1 amide bonds. The molecular formula is C32H35N7O3. The van der Waals surface area contributed by atoms with Crippen LogP contribution in [0.4, 0.5) is 11.5 Å². The lowest BCUT2D eigenvalue weighted by atomic mass is 9.95. The summed E-state index contributed by atoms with van der Waals surface area (Å²) < 4.78 is 12.4. The van der Waals surface area contributed by atoms with E-state index in [1.54, 1.807) is 11.2 Å². The molecule has 216 valence electrons. The number of piperazine rings is 1. The second-order valence-corrected chi connectivity index (χ2v) is 11.2. The van der Waals surface area contributed by atoms with E-state index in [4.69, 9.17) is 24.9 Å². The predicted octanol–water partition coefficient (Wildman–Crippen LogP) is 4.52. The summed E-state index contributed by atoms with van der Waals surface area (Å²) in [5.41, 5.74) is 11.3. The molecule has 2 fully saturated rings. The zero-order valence-corrected chi connectivity index (χ0v) is 24.0. The molecule has 0 bridgehead atoms.